The highest BCUT2D eigenvalue weighted by Gasteiger charge is 2.31. The average Bonchev–Trinajstić information content (AvgIpc) is 2.39. The van der Waals surface area contributed by atoms with E-state index >= 15 is 0 Å². The largest absolute Gasteiger partial charge is 0.573 e. The molecule has 4 nitrogen and oxygen atoms in total. The molecule has 0 bridgehead atoms. The zero-order chi connectivity index (χ0) is 16.3. The van der Waals surface area contributed by atoms with Crippen molar-refractivity contribution in [3.8, 4) is 5.75 Å². The van der Waals surface area contributed by atoms with Gasteiger partial charge in [0.05, 0.1) is 6.42 Å². The molecule has 1 heterocycles. The van der Waals surface area contributed by atoms with Crippen molar-refractivity contribution in [1.82, 2.24) is 4.90 Å². The highest BCUT2D eigenvalue weighted by molar-refractivity contribution is 5.79. The van der Waals surface area contributed by atoms with E-state index in [1.807, 2.05) is 6.92 Å². The number of nitrogens with two attached hydrogens (primary N) is 1. The second-order valence-electron chi connectivity index (χ2n) is 5.59. The summed E-state index contributed by atoms with van der Waals surface area (Å²) in [4.78, 5) is 14.1. The van der Waals surface area contributed by atoms with E-state index in [1.165, 1.54) is 24.3 Å². The van der Waals surface area contributed by atoms with E-state index in [2.05, 4.69) is 4.74 Å². The number of carbonyl (C=O) groups is 1. The molecule has 0 spiro atoms. The third-order valence-electron chi connectivity index (χ3n) is 3.75. The molecule has 2 atom stereocenters. The first-order valence-corrected chi connectivity index (χ1v) is 7.14. The summed E-state index contributed by atoms with van der Waals surface area (Å²) in [6.45, 7) is 2.58. The number of carbonyl (C=O) groups excluding carboxylic acids is 1. The molecule has 1 aromatic rings. The van der Waals surface area contributed by atoms with Crippen LogP contribution in [0.1, 0.15) is 25.3 Å². The summed E-state index contributed by atoms with van der Waals surface area (Å²) in [5, 5.41) is 0. The standard InChI is InChI=1S/C15H19F3N2O2/c1-10-8-12(19)6-7-20(10)14(21)9-11-2-4-13(5-3-11)22-15(16,17)18/h2-5,10,12H,6-9,19H2,1H3/t10-,12-/m1/s1. The minimum absolute atomic E-state index is 0.0381. The van der Waals surface area contributed by atoms with Crippen LogP contribution in [0.5, 0.6) is 5.75 Å². The molecular formula is C15H19F3N2O2. The van der Waals surface area contributed by atoms with Crippen molar-refractivity contribution in [2.45, 2.75) is 44.6 Å². The van der Waals surface area contributed by atoms with Crippen molar-refractivity contribution in [3.63, 3.8) is 0 Å². The molecule has 0 aliphatic carbocycles. The number of benzene rings is 1. The second-order valence-corrected chi connectivity index (χ2v) is 5.59. The molecule has 7 heteroatoms. The highest BCUT2D eigenvalue weighted by Crippen LogP contribution is 2.23. The molecule has 0 aromatic heterocycles. The SMILES string of the molecule is C[C@@H]1C[C@H](N)CCN1C(=O)Cc1ccc(OC(F)(F)F)cc1. The average molecular weight is 316 g/mol. The number of rotatable bonds is 3. The van der Waals surface area contributed by atoms with Crippen molar-refractivity contribution in [1.29, 1.82) is 0 Å². The van der Waals surface area contributed by atoms with Crippen molar-refractivity contribution >= 4 is 5.91 Å². The Kier molecular flexibility index (Phi) is 4.95. The molecule has 1 aliphatic rings. The van der Waals surface area contributed by atoms with Crippen molar-refractivity contribution in [3.05, 3.63) is 29.8 Å². The minimum atomic E-state index is -4.71. The Labute approximate surface area is 127 Å². The van der Waals surface area contributed by atoms with Crippen LogP contribution in [0, 0.1) is 0 Å². The molecular weight excluding hydrogens is 297 g/mol. The number of amides is 1. The monoisotopic (exact) mass is 316 g/mol. The lowest BCUT2D eigenvalue weighted by atomic mass is 9.98. The zero-order valence-electron chi connectivity index (χ0n) is 12.3. The number of hydrogen-bond acceptors (Lipinski definition) is 3. The fourth-order valence-corrected chi connectivity index (χ4v) is 2.66. The van der Waals surface area contributed by atoms with E-state index < -0.39 is 6.36 Å². The quantitative estimate of drug-likeness (QED) is 0.932. The van der Waals surface area contributed by atoms with Crippen LogP contribution in [-0.4, -0.2) is 35.8 Å². The van der Waals surface area contributed by atoms with Crippen LogP contribution in [0.2, 0.25) is 0 Å². The van der Waals surface area contributed by atoms with Crippen LogP contribution in [-0.2, 0) is 11.2 Å². The maximum atomic E-state index is 12.3. The molecule has 1 amide bonds. The van der Waals surface area contributed by atoms with Gasteiger partial charge in [-0.15, -0.1) is 13.2 Å². The van der Waals surface area contributed by atoms with Gasteiger partial charge in [-0.05, 0) is 37.5 Å². The smallest absolute Gasteiger partial charge is 0.406 e. The lowest BCUT2D eigenvalue weighted by Crippen LogP contribution is -2.48. The predicted octanol–water partition coefficient (Wildman–Crippen LogP) is 2.47. The van der Waals surface area contributed by atoms with Gasteiger partial charge in [-0.1, -0.05) is 12.1 Å². The molecule has 2 N–H and O–H groups in total. The summed E-state index contributed by atoms with van der Waals surface area (Å²) in [7, 11) is 0. The number of piperidine rings is 1. The van der Waals surface area contributed by atoms with Crippen LogP contribution < -0.4 is 10.5 Å². The number of ether oxygens (including phenoxy) is 1. The molecule has 2 rings (SSSR count). The first kappa shape index (κ1) is 16.6. The molecule has 0 radical (unpaired) electrons. The van der Waals surface area contributed by atoms with Gasteiger partial charge in [0.2, 0.25) is 5.91 Å². The molecule has 1 saturated heterocycles. The Bertz CT molecular complexity index is 517. The van der Waals surface area contributed by atoms with Crippen LogP contribution in [0.25, 0.3) is 0 Å². The van der Waals surface area contributed by atoms with Gasteiger partial charge in [-0.2, -0.15) is 0 Å². The Hall–Kier alpha value is -1.76. The van der Waals surface area contributed by atoms with E-state index in [0.29, 0.717) is 12.1 Å². The molecule has 1 fully saturated rings. The van der Waals surface area contributed by atoms with Gasteiger partial charge in [0.1, 0.15) is 5.75 Å². The molecule has 0 unspecified atom stereocenters. The van der Waals surface area contributed by atoms with Crippen LogP contribution in [0.15, 0.2) is 24.3 Å². The molecule has 1 aromatic carbocycles. The first-order valence-electron chi connectivity index (χ1n) is 7.14. The van der Waals surface area contributed by atoms with Gasteiger partial charge in [0, 0.05) is 18.6 Å². The summed E-state index contributed by atoms with van der Waals surface area (Å²) in [5.74, 6) is -0.329. The first-order chi connectivity index (χ1) is 10.2. The van der Waals surface area contributed by atoms with Crippen LogP contribution >= 0.6 is 0 Å². The van der Waals surface area contributed by atoms with E-state index in [-0.39, 0.29) is 30.2 Å². The number of likely N-dealkylation sites (tertiary alicyclic amines) is 1. The van der Waals surface area contributed by atoms with E-state index in [4.69, 9.17) is 5.73 Å². The number of nitrogens with zero attached hydrogens (tertiary/aromatic N) is 1. The maximum Gasteiger partial charge on any atom is 0.573 e. The summed E-state index contributed by atoms with van der Waals surface area (Å²) >= 11 is 0. The van der Waals surface area contributed by atoms with E-state index in [0.717, 1.165) is 12.8 Å². The summed E-state index contributed by atoms with van der Waals surface area (Å²) in [6.07, 6.45) is -3.01. The van der Waals surface area contributed by atoms with Crippen molar-refractivity contribution < 1.29 is 22.7 Å². The third kappa shape index (κ3) is 4.62. The Balaban J connectivity index is 1.94. The third-order valence-corrected chi connectivity index (χ3v) is 3.75. The topological polar surface area (TPSA) is 55.6 Å². The number of halogens is 3. The fourth-order valence-electron chi connectivity index (χ4n) is 2.66. The van der Waals surface area contributed by atoms with Crippen LogP contribution in [0.3, 0.4) is 0 Å². The van der Waals surface area contributed by atoms with Gasteiger partial charge < -0.3 is 15.4 Å². The van der Waals surface area contributed by atoms with Crippen molar-refractivity contribution in [2.24, 2.45) is 5.73 Å². The molecule has 1 aliphatic heterocycles. The molecule has 122 valence electrons. The minimum Gasteiger partial charge on any atom is -0.406 e. The Morgan fingerprint density at radius 2 is 2.00 bits per heavy atom. The summed E-state index contributed by atoms with van der Waals surface area (Å²) in [6, 6.07) is 5.58. The Morgan fingerprint density at radius 3 is 2.55 bits per heavy atom. The zero-order valence-corrected chi connectivity index (χ0v) is 12.3. The summed E-state index contributed by atoms with van der Waals surface area (Å²) in [5.41, 5.74) is 6.52. The van der Waals surface area contributed by atoms with Gasteiger partial charge in [-0.25, -0.2) is 0 Å². The maximum absolute atomic E-state index is 12.3. The van der Waals surface area contributed by atoms with Crippen molar-refractivity contribution in [2.75, 3.05) is 6.54 Å². The highest BCUT2D eigenvalue weighted by atomic mass is 19.4. The van der Waals surface area contributed by atoms with Gasteiger partial charge in [0.25, 0.3) is 0 Å². The predicted molar refractivity (Wildman–Crippen MR) is 75.2 cm³/mol. The van der Waals surface area contributed by atoms with E-state index in [1.54, 1.807) is 4.90 Å². The fraction of sp³-hybridized carbons (Fsp3) is 0.533. The van der Waals surface area contributed by atoms with E-state index in [9.17, 15) is 18.0 Å². The second kappa shape index (κ2) is 6.56. The summed E-state index contributed by atoms with van der Waals surface area (Å²) < 4.78 is 40.0. The van der Waals surface area contributed by atoms with Gasteiger partial charge in [0.15, 0.2) is 0 Å². The van der Waals surface area contributed by atoms with Gasteiger partial charge >= 0.3 is 6.36 Å². The Morgan fingerprint density at radius 1 is 1.36 bits per heavy atom. The lowest BCUT2D eigenvalue weighted by molar-refractivity contribution is -0.274. The van der Waals surface area contributed by atoms with Crippen LogP contribution in [0.4, 0.5) is 13.2 Å². The normalized spacial score (nSPS) is 22.5. The number of hydrogen-bond donors (Lipinski definition) is 1. The molecule has 0 saturated carbocycles. The number of alkyl halides is 3. The molecule has 22 heavy (non-hydrogen) atoms. The van der Waals surface area contributed by atoms with Gasteiger partial charge in [-0.3, -0.25) is 4.79 Å². The lowest BCUT2D eigenvalue weighted by Gasteiger charge is -2.36.